The minimum atomic E-state index is -0.274. The van der Waals surface area contributed by atoms with Gasteiger partial charge >= 0.3 is 0 Å². The molecule has 0 aliphatic carbocycles. The van der Waals surface area contributed by atoms with Crippen LogP contribution in [0, 0.1) is 0 Å². The molecule has 22 heavy (non-hydrogen) atoms. The molecule has 1 aliphatic rings. The zero-order valence-electron chi connectivity index (χ0n) is 14.3. The Morgan fingerprint density at radius 3 is 2.36 bits per heavy atom. The van der Waals surface area contributed by atoms with E-state index in [0.717, 1.165) is 32.7 Å². The van der Waals surface area contributed by atoms with Gasteiger partial charge in [-0.3, -0.25) is 4.90 Å². The van der Waals surface area contributed by atoms with Gasteiger partial charge in [-0.05, 0) is 52.6 Å². The van der Waals surface area contributed by atoms with E-state index in [2.05, 4.69) is 60.1 Å². The number of β-amino-alcohol motifs (C(OH)–C–C–N with tert-alkyl or cyclic N) is 1. The molecule has 4 nitrogen and oxygen atoms in total. The minimum absolute atomic E-state index is 0.274. The highest BCUT2D eigenvalue weighted by Gasteiger charge is 2.22. The Morgan fingerprint density at radius 1 is 1.14 bits per heavy atom. The van der Waals surface area contributed by atoms with Gasteiger partial charge in [0, 0.05) is 25.7 Å². The molecule has 2 rings (SSSR count). The highest BCUT2D eigenvalue weighted by molar-refractivity contribution is 5.14. The molecule has 0 spiro atoms. The van der Waals surface area contributed by atoms with E-state index in [0.29, 0.717) is 6.04 Å². The van der Waals surface area contributed by atoms with E-state index >= 15 is 0 Å². The molecule has 124 valence electrons. The lowest BCUT2D eigenvalue weighted by Crippen LogP contribution is -2.46. The van der Waals surface area contributed by atoms with Gasteiger partial charge in [-0.1, -0.05) is 30.3 Å². The van der Waals surface area contributed by atoms with Gasteiger partial charge in [-0.2, -0.15) is 0 Å². The first kappa shape index (κ1) is 17.4. The Morgan fingerprint density at radius 2 is 1.77 bits per heavy atom. The third-order valence-corrected chi connectivity index (χ3v) is 4.57. The first-order valence-corrected chi connectivity index (χ1v) is 8.34. The Labute approximate surface area is 135 Å². The van der Waals surface area contributed by atoms with Gasteiger partial charge in [-0.25, -0.2) is 0 Å². The van der Waals surface area contributed by atoms with Gasteiger partial charge in [0.25, 0.3) is 0 Å². The molecule has 1 atom stereocenters. The van der Waals surface area contributed by atoms with Gasteiger partial charge in [0.2, 0.25) is 0 Å². The monoisotopic (exact) mass is 305 g/mol. The molecular weight excluding hydrogens is 274 g/mol. The third-order valence-electron chi connectivity index (χ3n) is 4.57. The number of aliphatic hydroxyl groups excluding tert-OH is 1. The van der Waals surface area contributed by atoms with Crippen molar-refractivity contribution in [3.63, 3.8) is 0 Å². The zero-order chi connectivity index (χ0) is 15.9. The van der Waals surface area contributed by atoms with Crippen LogP contribution >= 0.6 is 0 Å². The van der Waals surface area contributed by atoms with Crippen LogP contribution in [0.3, 0.4) is 0 Å². The lowest BCUT2D eigenvalue weighted by atomic mass is 10.0. The summed E-state index contributed by atoms with van der Waals surface area (Å²) in [5.41, 5.74) is 1.30. The number of hydrogen-bond donors (Lipinski definition) is 1. The third kappa shape index (κ3) is 5.69. The van der Waals surface area contributed by atoms with Crippen LogP contribution in [-0.4, -0.2) is 79.3 Å². The van der Waals surface area contributed by atoms with E-state index < -0.39 is 0 Å². The summed E-state index contributed by atoms with van der Waals surface area (Å²) in [6.07, 6.45) is 2.14. The predicted octanol–water partition coefficient (Wildman–Crippen LogP) is 1.51. The maximum atomic E-state index is 10.3. The van der Waals surface area contributed by atoms with Crippen molar-refractivity contribution >= 4 is 0 Å². The molecular formula is C18H31N3O. The molecule has 0 bridgehead atoms. The molecule has 1 fully saturated rings. The highest BCUT2D eigenvalue weighted by atomic mass is 16.3. The maximum Gasteiger partial charge on any atom is 0.0793 e. The van der Waals surface area contributed by atoms with Crippen molar-refractivity contribution in [2.24, 2.45) is 0 Å². The number of piperidine rings is 1. The van der Waals surface area contributed by atoms with Crippen molar-refractivity contribution in [2.75, 3.05) is 47.3 Å². The summed E-state index contributed by atoms with van der Waals surface area (Å²) in [5.74, 6) is 0. The maximum absolute atomic E-state index is 10.3. The normalized spacial score (nSPS) is 19.0. The van der Waals surface area contributed by atoms with Crippen LogP contribution in [0.15, 0.2) is 30.3 Å². The topological polar surface area (TPSA) is 30.0 Å². The summed E-state index contributed by atoms with van der Waals surface area (Å²) >= 11 is 0. The number of aliphatic hydroxyl groups is 1. The van der Waals surface area contributed by atoms with Crippen molar-refractivity contribution in [3.8, 4) is 0 Å². The summed E-state index contributed by atoms with van der Waals surface area (Å²) < 4.78 is 0. The van der Waals surface area contributed by atoms with E-state index in [1.54, 1.807) is 0 Å². The van der Waals surface area contributed by atoms with Crippen LogP contribution in [-0.2, 0) is 6.54 Å². The summed E-state index contributed by atoms with van der Waals surface area (Å²) in [4.78, 5) is 6.93. The van der Waals surface area contributed by atoms with E-state index in [4.69, 9.17) is 0 Å². The Balaban J connectivity index is 1.68. The van der Waals surface area contributed by atoms with E-state index in [1.807, 2.05) is 6.07 Å². The molecule has 1 aromatic rings. The summed E-state index contributed by atoms with van der Waals surface area (Å²) in [7, 11) is 6.40. The van der Waals surface area contributed by atoms with Crippen LogP contribution in [0.1, 0.15) is 18.4 Å². The smallest absolute Gasteiger partial charge is 0.0793 e. The van der Waals surface area contributed by atoms with Crippen LogP contribution < -0.4 is 0 Å². The van der Waals surface area contributed by atoms with Crippen LogP contribution in [0.4, 0.5) is 0 Å². The van der Waals surface area contributed by atoms with Gasteiger partial charge in [0.15, 0.2) is 0 Å². The van der Waals surface area contributed by atoms with Crippen LogP contribution in [0.5, 0.6) is 0 Å². The van der Waals surface area contributed by atoms with Gasteiger partial charge < -0.3 is 14.9 Å². The standard InChI is InChI=1S/C18H31N3O/c1-19(2)17-9-11-21(12-10-17)15-18(22)14-20(3)13-16-7-5-4-6-8-16/h4-8,17-18,22H,9-15H2,1-3H3. The fourth-order valence-corrected chi connectivity index (χ4v) is 3.29. The average Bonchev–Trinajstić information content (AvgIpc) is 2.48. The van der Waals surface area contributed by atoms with E-state index in [1.165, 1.54) is 18.4 Å². The SMILES string of the molecule is CN(Cc1ccccc1)CC(O)CN1CCC(N(C)C)CC1. The first-order chi connectivity index (χ1) is 10.5. The number of likely N-dealkylation sites (tertiary alicyclic amines) is 1. The lowest BCUT2D eigenvalue weighted by Gasteiger charge is -2.36. The number of benzene rings is 1. The van der Waals surface area contributed by atoms with Gasteiger partial charge in [0.1, 0.15) is 0 Å². The number of nitrogens with zero attached hydrogens (tertiary/aromatic N) is 3. The van der Waals surface area contributed by atoms with Crippen molar-refractivity contribution in [2.45, 2.75) is 31.5 Å². The number of likely N-dealkylation sites (N-methyl/N-ethyl adjacent to an activating group) is 1. The van der Waals surface area contributed by atoms with Crippen molar-refractivity contribution in [1.82, 2.24) is 14.7 Å². The van der Waals surface area contributed by atoms with Crippen LogP contribution in [0.2, 0.25) is 0 Å². The molecule has 0 saturated carbocycles. The Hall–Kier alpha value is -0.940. The summed E-state index contributed by atoms with van der Waals surface area (Å²) in [6.45, 7) is 4.60. The highest BCUT2D eigenvalue weighted by Crippen LogP contribution is 2.14. The molecule has 1 N–H and O–H groups in total. The molecule has 4 heteroatoms. The summed E-state index contributed by atoms with van der Waals surface area (Å²) in [5, 5.41) is 10.3. The van der Waals surface area contributed by atoms with Crippen molar-refractivity contribution < 1.29 is 5.11 Å². The number of hydrogen-bond acceptors (Lipinski definition) is 4. The number of rotatable bonds is 7. The lowest BCUT2D eigenvalue weighted by molar-refractivity contribution is 0.0593. The van der Waals surface area contributed by atoms with Gasteiger partial charge in [-0.15, -0.1) is 0 Å². The van der Waals surface area contributed by atoms with E-state index in [-0.39, 0.29) is 6.10 Å². The molecule has 0 amide bonds. The fraction of sp³-hybridized carbons (Fsp3) is 0.667. The largest absolute Gasteiger partial charge is 0.390 e. The second-order valence-corrected chi connectivity index (χ2v) is 6.83. The molecule has 1 aromatic carbocycles. The molecule has 1 saturated heterocycles. The van der Waals surface area contributed by atoms with Crippen molar-refractivity contribution in [1.29, 1.82) is 0 Å². The van der Waals surface area contributed by atoms with Gasteiger partial charge in [0.05, 0.1) is 6.10 Å². The van der Waals surface area contributed by atoms with Crippen LogP contribution in [0.25, 0.3) is 0 Å². The van der Waals surface area contributed by atoms with E-state index in [9.17, 15) is 5.11 Å². The molecule has 1 aliphatic heterocycles. The second-order valence-electron chi connectivity index (χ2n) is 6.83. The Kier molecular flexibility index (Phi) is 6.83. The summed E-state index contributed by atoms with van der Waals surface area (Å²) in [6, 6.07) is 11.1. The zero-order valence-corrected chi connectivity index (χ0v) is 14.3. The molecule has 0 aromatic heterocycles. The second kappa shape index (κ2) is 8.63. The Bertz CT molecular complexity index is 416. The predicted molar refractivity (Wildman–Crippen MR) is 91.9 cm³/mol. The average molecular weight is 305 g/mol. The van der Waals surface area contributed by atoms with Crippen molar-refractivity contribution in [3.05, 3.63) is 35.9 Å². The minimum Gasteiger partial charge on any atom is -0.390 e. The molecule has 0 radical (unpaired) electrons. The molecule has 1 heterocycles. The first-order valence-electron chi connectivity index (χ1n) is 8.34. The fourth-order valence-electron chi connectivity index (χ4n) is 3.29. The quantitative estimate of drug-likeness (QED) is 0.827. The molecule has 1 unspecified atom stereocenters.